The first-order valence-electron chi connectivity index (χ1n) is 8.32. The molecule has 0 radical (unpaired) electrons. The summed E-state index contributed by atoms with van der Waals surface area (Å²) >= 11 is 7.30. The minimum Gasteiger partial charge on any atom is -0.365 e. The molecular formula is C18H20ClN3O2S. The molecule has 5 nitrogen and oxygen atoms in total. The van der Waals surface area contributed by atoms with Crippen LogP contribution in [0.5, 0.6) is 0 Å². The predicted molar refractivity (Wildman–Crippen MR) is 103 cm³/mol. The summed E-state index contributed by atoms with van der Waals surface area (Å²) in [5.74, 6) is -0.486. The molecule has 1 aromatic heterocycles. The maximum Gasteiger partial charge on any atom is 0.324 e. The molecule has 1 heterocycles. The summed E-state index contributed by atoms with van der Waals surface area (Å²) in [7, 11) is 0. The highest BCUT2D eigenvalue weighted by Crippen LogP contribution is 2.36. The Kier molecular flexibility index (Phi) is 5.60. The van der Waals surface area contributed by atoms with E-state index in [4.69, 9.17) is 17.3 Å². The van der Waals surface area contributed by atoms with Crippen molar-refractivity contribution in [2.24, 2.45) is 5.73 Å². The first kappa shape index (κ1) is 17.8. The van der Waals surface area contributed by atoms with Crippen molar-refractivity contribution in [1.29, 1.82) is 0 Å². The standard InChI is InChI=1S/C18H20ClN3O2S/c19-11-7-9-12(10-8-11)21-18(24)22-17-15(16(20)23)13-5-3-1-2-4-6-14(13)25-17/h7-10H,1-6H2,(H2,20,23)(H2,21,22,24). The van der Waals surface area contributed by atoms with Crippen molar-refractivity contribution in [3.63, 3.8) is 0 Å². The normalized spacial score (nSPS) is 14.1. The van der Waals surface area contributed by atoms with Crippen LogP contribution in [0.25, 0.3) is 0 Å². The van der Waals surface area contributed by atoms with Crippen molar-refractivity contribution >= 4 is 45.6 Å². The van der Waals surface area contributed by atoms with Gasteiger partial charge in [0.1, 0.15) is 5.00 Å². The van der Waals surface area contributed by atoms with Crippen LogP contribution >= 0.6 is 22.9 Å². The average Bonchev–Trinajstić information content (AvgIpc) is 2.86. The van der Waals surface area contributed by atoms with Crippen LogP contribution in [-0.2, 0) is 12.8 Å². The predicted octanol–water partition coefficient (Wildman–Crippen LogP) is 4.80. The van der Waals surface area contributed by atoms with Gasteiger partial charge in [0.2, 0.25) is 0 Å². The van der Waals surface area contributed by atoms with Gasteiger partial charge in [-0.3, -0.25) is 10.1 Å². The van der Waals surface area contributed by atoms with Crippen LogP contribution in [0.1, 0.15) is 46.5 Å². The lowest BCUT2D eigenvalue weighted by molar-refractivity contribution is 0.100. The molecule has 25 heavy (non-hydrogen) atoms. The van der Waals surface area contributed by atoms with Crippen molar-refractivity contribution in [3.05, 3.63) is 45.3 Å². The number of carbonyl (C=O) groups is 2. The number of aryl methyl sites for hydroxylation is 1. The van der Waals surface area contributed by atoms with Gasteiger partial charge < -0.3 is 11.1 Å². The molecule has 0 fully saturated rings. The lowest BCUT2D eigenvalue weighted by Crippen LogP contribution is -2.22. The number of fused-ring (bicyclic) bond motifs is 1. The highest BCUT2D eigenvalue weighted by Gasteiger charge is 2.23. The summed E-state index contributed by atoms with van der Waals surface area (Å²) in [6.07, 6.45) is 6.27. The lowest BCUT2D eigenvalue weighted by atomic mass is 9.96. The van der Waals surface area contributed by atoms with E-state index in [0.29, 0.717) is 21.3 Å². The summed E-state index contributed by atoms with van der Waals surface area (Å²) in [4.78, 5) is 25.4. The zero-order chi connectivity index (χ0) is 17.8. The molecule has 4 N–H and O–H groups in total. The van der Waals surface area contributed by atoms with Gasteiger partial charge >= 0.3 is 6.03 Å². The van der Waals surface area contributed by atoms with Gasteiger partial charge in [0.05, 0.1) is 5.56 Å². The monoisotopic (exact) mass is 377 g/mol. The van der Waals surface area contributed by atoms with Crippen LogP contribution in [0, 0.1) is 0 Å². The molecule has 0 saturated heterocycles. The molecule has 3 amide bonds. The van der Waals surface area contributed by atoms with Crippen LogP contribution < -0.4 is 16.4 Å². The van der Waals surface area contributed by atoms with Crippen molar-refractivity contribution in [1.82, 2.24) is 0 Å². The molecule has 7 heteroatoms. The number of primary amides is 1. The maximum atomic E-state index is 12.3. The van der Waals surface area contributed by atoms with E-state index in [2.05, 4.69) is 10.6 Å². The van der Waals surface area contributed by atoms with Crippen LogP contribution in [0.4, 0.5) is 15.5 Å². The zero-order valence-electron chi connectivity index (χ0n) is 13.7. The number of hydrogen-bond acceptors (Lipinski definition) is 3. The molecule has 132 valence electrons. The van der Waals surface area contributed by atoms with E-state index in [9.17, 15) is 9.59 Å². The van der Waals surface area contributed by atoms with Gasteiger partial charge in [-0.05, 0) is 55.5 Å². The number of amides is 3. The number of hydrogen-bond donors (Lipinski definition) is 3. The van der Waals surface area contributed by atoms with Gasteiger partial charge in [-0.25, -0.2) is 4.79 Å². The minimum absolute atomic E-state index is 0.404. The van der Waals surface area contributed by atoms with E-state index in [1.807, 2.05) is 0 Å². The molecule has 0 atom stereocenters. The lowest BCUT2D eigenvalue weighted by Gasteiger charge is -2.10. The number of nitrogens with one attached hydrogen (secondary N) is 2. The summed E-state index contributed by atoms with van der Waals surface area (Å²) in [5.41, 5.74) is 7.70. The first-order chi connectivity index (χ1) is 12.0. The fraction of sp³-hybridized carbons (Fsp3) is 0.333. The fourth-order valence-electron chi connectivity index (χ4n) is 3.07. The molecule has 0 aliphatic heterocycles. The van der Waals surface area contributed by atoms with Gasteiger partial charge in [-0.1, -0.05) is 24.4 Å². The number of urea groups is 1. The molecule has 0 unspecified atom stereocenters. The topological polar surface area (TPSA) is 84.2 Å². The Morgan fingerprint density at radius 2 is 1.68 bits per heavy atom. The summed E-state index contributed by atoms with van der Waals surface area (Å²) < 4.78 is 0. The maximum absolute atomic E-state index is 12.3. The number of anilines is 2. The van der Waals surface area contributed by atoms with Crippen molar-refractivity contribution < 1.29 is 9.59 Å². The largest absolute Gasteiger partial charge is 0.365 e. The SMILES string of the molecule is NC(=O)c1c(NC(=O)Nc2ccc(Cl)cc2)sc2c1CCCCCC2. The molecule has 1 aliphatic carbocycles. The van der Waals surface area contributed by atoms with Crippen LogP contribution in [0.2, 0.25) is 5.02 Å². The van der Waals surface area contributed by atoms with E-state index in [1.54, 1.807) is 24.3 Å². The Balaban J connectivity index is 1.81. The van der Waals surface area contributed by atoms with Gasteiger partial charge in [-0.15, -0.1) is 11.3 Å². The van der Waals surface area contributed by atoms with Crippen LogP contribution in [0.15, 0.2) is 24.3 Å². The number of thiophene rings is 1. The number of rotatable bonds is 3. The van der Waals surface area contributed by atoms with Gasteiger partial charge in [-0.2, -0.15) is 0 Å². The van der Waals surface area contributed by atoms with Gasteiger partial charge in [0.15, 0.2) is 0 Å². The van der Waals surface area contributed by atoms with Crippen molar-refractivity contribution in [2.75, 3.05) is 10.6 Å². The molecule has 3 rings (SSSR count). The average molecular weight is 378 g/mol. The number of benzene rings is 1. The molecular weight excluding hydrogens is 358 g/mol. The third kappa shape index (κ3) is 4.32. The van der Waals surface area contributed by atoms with E-state index >= 15 is 0 Å². The van der Waals surface area contributed by atoms with E-state index in [1.165, 1.54) is 17.8 Å². The summed E-state index contributed by atoms with van der Waals surface area (Å²) in [6, 6.07) is 6.42. The third-order valence-electron chi connectivity index (χ3n) is 4.25. The van der Waals surface area contributed by atoms with E-state index in [-0.39, 0.29) is 0 Å². The quantitative estimate of drug-likeness (QED) is 0.717. The highest BCUT2D eigenvalue weighted by molar-refractivity contribution is 7.17. The second kappa shape index (κ2) is 7.89. The number of carbonyl (C=O) groups excluding carboxylic acids is 2. The Bertz CT molecular complexity index is 786. The second-order valence-electron chi connectivity index (χ2n) is 6.07. The van der Waals surface area contributed by atoms with E-state index in [0.717, 1.165) is 42.5 Å². The molecule has 0 saturated carbocycles. The Hall–Kier alpha value is -2.05. The zero-order valence-corrected chi connectivity index (χ0v) is 15.3. The minimum atomic E-state index is -0.486. The molecule has 1 aliphatic rings. The van der Waals surface area contributed by atoms with Crippen molar-refractivity contribution in [3.8, 4) is 0 Å². The Labute approximate surface area is 155 Å². The van der Waals surface area contributed by atoms with Crippen LogP contribution in [-0.4, -0.2) is 11.9 Å². The fourth-order valence-corrected chi connectivity index (χ4v) is 4.48. The third-order valence-corrected chi connectivity index (χ3v) is 5.71. The second-order valence-corrected chi connectivity index (χ2v) is 7.61. The number of nitrogens with two attached hydrogens (primary N) is 1. The van der Waals surface area contributed by atoms with Crippen molar-refractivity contribution in [2.45, 2.75) is 38.5 Å². The number of halogens is 1. The molecule has 2 aromatic rings. The smallest absolute Gasteiger partial charge is 0.324 e. The van der Waals surface area contributed by atoms with Crippen LogP contribution in [0.3, 0.4) is 0 Å². The summed E-state index contributed by atoms with van der Waals surface area (Å²) in [5, 5.41) is 6.65. The Morgan fingerprint density at radius 3 is 2.36 bits per heavy atom. The molecule has 1 aromatic carbocycles. The molecule has 0 bridgehead atoms. The Morgan fingerprint density at radius 1 is 1.00 bits per heavy atom. The summed E-state index contributed by atoms with van der Waals surface area (Å²) in [6.45, 7) is 0. The highest BCUT2D eigenvalue weighted by atomic mass is 35.5. The van der Waals surface area contributed by atoms with Gasteiger partial charge in [0, 0.05) is 15.6 Å². The van der Waals surface area contributed by atoms with Gasteiger partial charge in [0.25, 0.3) is 5.91 Å². The first-order valence-corrected chi connectivity index (χ1v) is 9.52. The molecule has 0 spiro atoms. The van der Waals surface area contributed by atoms with E-state index < -0.39 is 11.9 Å².